The fraction of sp³-hybridized carbons (Fsp3) is 0.579. The third-order valence-corrected chi connectivity index (χ3v) is 6.33. The van der Waals surface area contributed by atoms with Crippen LogP contribution in [-0.4, -0.2) is 32.5 Å². The summed E-state index contributed by atoms with van der Waals surface area (Å²) in [5.41, 5.74) is 0.654. The quantitative estimate of drug-likeness (QED) is 0.465. The van der Waals surface area contributed by atoms with Gasteiger partial charge in [-0.15, -0.1) is 0 Å². The van der Waals surface area contributed by atoms with E-state index in [0.29, 0.717) is 22.6 Å². The highest BCUT2D eigenvalue weighted by Gasteiger charge is 2.24. The van der Waals surface area contributed by atoms with Crippen molar-refractivity contribution in [2.75, 3.05) is 18.4 Å². The Labute approximate surface area is 168 Å². The summed E-state index contributed by atoms with van der Waals surface area (Å²) in [6, 6.07) is 6.70. The number of nitrogens with one attached hydrogen (secondary N) is 4. The van der Waals surface area contributed by atoms with Crippen molar-refractivity contribution < 1.29 is 13.4 Å². The molecule has 1 aliphatic rings. The van der Waals surface area contributed by atoms with Gasteiger partial charge in [-0.1, -0.05) is 39.2 Å². The van der Waals surface area contributed by atoms with Gasteiger partial charge in [-0.2, -0.15) is 13.1 Å². The van der Waals surface area contributed by atoms with Gasteiger partial charge in [-0.3, -0.25) is 4.99 Å². The van der Waals surface area contributed by atoms with Crippen LogP contribution in [0.15, 0.2) is 29.2 Å². The normalized spacial score (nSPS) is 15.1. The minimum atomic E-state index is -3.60. The Bertz CT molecular complexity index is 763. The maximum atomic E-state index is 12.5. The molecular weight excluding hydrogens is 380 g/mol. The Hall–Kier alpha value is -1.67. The van der Waals surface area contributed by atoms with E-state index in [1.165, 1.54) is 19.3 Å². The molecule has 0 aliphatic carbocycles. The van der Waals surface area contributed by atoms with E-state index in [2.05, 4.69) is 34.2 Å². The van der Waals surface area contributed by atoms with Crippen molar-refractivity contribution in [2.24, 2.45) is 5.92 Å². The molecule has 0 spiro atoms. The van der Waals surface area contributed by atoms with E-state index < -0.39 is 10.0 Å². The molecule has 0 amide bonds. The second kappa shape index (κ2) is 10.6. The lowest BCUT2D eigenvalue weighted by Gasteiger charge is -2.17. The second-order valence-corrected chi connectivity index (χ2v) is 8.98. The maximum Gasteiger partial charge on any atom is 0.328 e. The highest BCUT2D eigenvalue weighted by molar-refractivity contribution is 7.90. The Balaban J connectivity index is 1.93. The van der Waals surface area contributed by atoms with Gasteiger partial charge in [0, 0.05) is 12.2 Å². The highest BCUT2D eigenvalue weighted by atomic mass is 32.2. The molecule has 1 heterocycles. The van der Waals surface area contributed by atoms with E-state index in [4.69, 9.17) is 12.2 Å². The lowest BCUT2D eigenvalue weighted by molar-refractivity contribution is -0.448. The lowest BCUT2D eigenvalue weighted by Crippen LogP contribution is -2.72. The Morgan fingerprint density at radius 3 is 2.81 bits per heavy atom. The number of amidine groups is 1. The summed E-state index contributed by atoms with van der Waals surface area (Å²) in [7, 11) is -3.60. The lowest BCUT2D eigenvalue weighted by atomic mass is 9.99. The molecule has 0 radical (unpaired) electrons. The molecule has 0 aromatic heterocycles. The summed E-state index contributed by atoms with van der Waals surface area (Å²) in [6.07, 6.45) is 6.39. The van der Waals surface area contributed by atoms with Crippen LogP contribution in [0.5, 0.6) is 0 Å². The molecule has 150 valence electrons. The number of hydrogen-bond donors (Lipinski definition) is 4. The standard InChI is InChI=1S/C19H30N4O2S2/c1-3-5-8-15(4-2)14-21-19(26)22-16-9-6-10-17(13-16)27(24,25)23-18-11-7-12-20-18/h6,9-10,13,15H,3-5,7-8,11-12,14H2,1-2H3,(H,20,23)(H2,21,22,26)/p+1/t15-/m0/s1. The smallest absolute Gasteiger partial charge is 0.328 e. The molecule has 2 rings (SSSR count). The van der Waals surface area contributed by atoms with E-state index >= 15 is 0 Å². The van der Waals surface area contributed by atoms with Gasteiger partial charge in [-0.05, 0) is 49.2 Å². The molecule has 8 heteroatoms. The monoisotopic (exact) mass is 411 g/mol. The van der Waals surface area contributed by atoms with Crippen molar-refractivity contribution in [1.29, 1.82) is 0 Å². The fourth-order valence-electron chi connectivity index (χ4n) is 3.00. The van der Waals surface area contributed by atoms with Crippen molar-refractivity contribution in [1.82, 2.24) is 10.0 Å². The second-order valence-electron chi connectivity index (χ2n) is 6.89. The number of unbranched alkanes of at least 4 members (excludes halogenated alkanes) is 1. The molecule has 1 aromatic carbocycles. The van der Waals surface area contributed by atoms with Gasteiger partial charge < -0.3 is 10.6 Å². The van der Waals surface area contributed by atoms with Crippen LogP contribution in [0, 0.1) is 5.92 Å². The zero-order valence-electron chi connectivity index (χ0n) is 16.2. The predicted molar refractivity (Wildman–Crippen MR) is 114 cm³/mol. The molecule has 1 atom stereocenters. The number of benzene rings is 1. The summed E-state index contributed by atoms with van der Waals surface area (Å²) >= 11 is 5.37. The number of anilines is 1. The SMILES string of the molecule is CCCC[C@H](CC)CNC(=S)Nc1cccc(S(=O)(=O)NC2=[NH+]CCC2)c1. The van der Waals surface area contributed by atoms with Crippen molar-refractivity contribution in [3.63, 3.8) is 0 Å². The fourth-order valence-corrected chi connectivity index (χ4v) is 4.36. The first-order valence-electron chi connectivity index (χ1n) is 9.72. The molecule has 6 nitrogen and oxygen atoms in total. The van der Waals surface area contributed by atoms with E-state index in [1.807, 2.05) is 6.07 Å². The first-order chi connectivity index (χ1) is 12.9. The summed E-state index contributed by atoms with van der Waals surface area (Å²) in [5.74, 6) is 1.25. The molecule has 0 fully saturated rings. The van der Waals surface area contributed by atoms with E-state index in [1.54, 1.807) is 18.2 Å². The summed E-state index contributed by atoms with van der Waals surface area (Å²) in [6.45, 7) is 6.02. The number of hydrogen-bond acceptors (Lipinski definition) is 3. The van der Waals surface area contributed by atoms with Gasteiger partial charge >= 0.3 is 10.0 Å². The minimum absolute atomic E-state index is 0.214. The first-order valence-corrected chi connectivity index (χ1v) is 11.6. The zero-order chi connectivity index (χ0) is 19.7. The third kappa shape index (κ3) is 7.10. The summed E-state index contributed by atoms with van der Waals surface area (Å²) in [5, 5.41) is 6.85. The van der Waals surface area contributed by atoms with Crippen LogP contribution >= 0.6 is 12.2 Å². The van der Waals surface area contributed by atoms with Gasteiger partial charge in [-0.25, -0.2) is 0 Å². The maximum absolute atomic E-state index is 12.5. The van der Waals surface area contributed by atoms with Crippen molar-refractivity contribution in [3.05, 3.63) is 24.3 Å². The van der Waals surface area contributed by atoms with Crippen LogP contribution < -0.4 is 20.3 Å². The first kappa shape index (κ1) is 21.6. The predicted octanol–water partition coefficient (Wildman–Crippen LogP) is 1.74. The minimum Gasteiger partial charge on any atom is -0.362 e. The van der Waals surface area contributed by atoms with E-state index in [0.717, 1.165) is 32.4 Å². The van der Waals surface area contributed by atoms with Crippen LogP contribution in [0.25, 0.3) is 0 Å². The van der Waals surface area contributed by atoms with Crippen molar-refractivity contribution in [3.8, 4) is 0 Å². The number of rotatable bonds is 9. The van der Waals surface area contributed by atoms with Gasteiger partial charge in [0.25, 0.3) is 5.84 Å². The molecule has 0 saturated heterocycles. The average Bonchev–Trinajstić information content (AvgIpc) is 3.14. The molecule has 4 N–H and O–H groups in total. The Kier molecular flexibility index (Phi) is 8.50. The zero-order valence-corrected chi connectivity index (χ0v) is 17.8. The summed E-state index contributed by atoms with van der Waals surface area (Å²) < 4.78 is 27.7. The van der Waals surface area contributed by atoms with Gasteiger partial charge in [0.1, 0.15) is 4.90 Å². The highest BCUT2D eigenvalue weighted by Crippen LogP contribution is 2.16. The van der Waals surface area contributed by atoms with Crippen molar-refractivity contribution >= 4 is 38.9 Å². The topological polar surface area (TPSA) is 84.2 Å². The van der Waals surface area contributed by atoms with Crippen LogP contribution in [0.3, 0.4) is 0 Å². The molecule has 0 bridgehead atoms. The Morgan fingerprint density at radius 2 is 2.15 bits per heavy atom. The molecule has 0 saturated carbocycles. The molecular formula is C19H31N4O2S2+. The van der Waals surface area contributed by atoms with Gasteiger partial charge in [0.2, 0.25) is 0 Å². The molecule has 1 aliphatic heterocycles. The average molecular weight is 412 g/mol. The van der Waals surface area contributed by atoms with Crippen LogP contribution in [0.1, 0.15) is 52.4 Å². The molecule has 1 aromatic rings. The molecule has 27 heavy (non-hydrogen) atoms. The largest absolute Gasteiger partial charge is 0.362 e. The number of thiocarbonyl (C=S) groups is 1. The van der Waals surface area contributed by atoms with Gasteiger partial charge in [0.15, 0.2) is 5.11 Å². The summed E-state index contributed by atoms with van der Waals surface area (Å²) in [4.78, 5) is 3.27. The van der Waals surface area contributed by atoms with E-state index in [9.17, 15) is 8.42 Å². The van der Waals surface area contributed by atoms with Gasteiger partial charge in [0.05, 0.1) is 13.0 Å². The van der Waals surface area contributed by atoms with Crippen molar-refractivity contribution in [2.45, 2.75) is 57.3 Å². The number of sulfonamides is 1. The van der Waals surface area contributed by atoms with Crippen LogP contribution in [0.2, 0.25) is 0 Å². The molecule has 0 unspecified atom stereocenters. The van der Waals surface area contributed by atoms with Crippen LogP contribution in [0.4, 0.5) is 5.69 Å². The third-order valence-electron chi connectivity index (χ3n) is 4.70. The van der Waals surface area contributed by atoms with E-state index in [-0.39, 0.29) is 4.90 Å². The Morgan fingerprint density at radius 1 is 1.33 bits per heavy atom. The van der Waals surface area contributed by atoms with Crippen LogP contribution in [-0.2, 0) is 10.0 Å².